The van der Waals surface area contributed by atoms with Crippen LogP contribution in [0, 0.1) is 0 Å². The monoisotopic (exact) mass is 702 g/mol. The molecule has 1 aliphatic carbocycles. The maximum absolute atomic E-state index is 5.72. The summed E-state index contributed by atoms with van der Waals surface area (Å²) in [7, 11) is 0. The molecule has 0 saturated heterocycles. The van der Waals surface area contributed by atoms with Crippen LogP contribution in [0.25, 0.3) is 78.6 Å². The molecule has 0 fully saturated rings. The van der Waals surface area contributed by atoms with Gasteiger partial charge in [-0.15, -0.1) is 0 Å². The van der Waals surface area contributed by atoms with Crippen LogP contribution < -0.4 is 0 Å². The van der Waals surface area contributed by atoms with Gasteiger partial charge in [-0.1, -0.05) is 159 Å². The van der Waals surface area contributed by atoms with E-state index >= 15 is 0 Å². The van der Waals surface area contributed by atoms with Gasteiger partial charge in [0.2, 0.25) is 0 Å². The zero-order valence-corrected chi connectivity index (χ0v) is 30.0. The second kappa shape index (κ2) is 11.9. The standard InChI is InChI=1S/C51H34N4/c1-3-33-15-13-19-37(27-33)45-29-35-17-5-7-21-39(35)49-52-47(31-54(45)49)51(43-25-11-9-23-41(43)42-24-10-12-26-44(42)51)48-32-55-46(38-20-14-16-34(4-2)28-38)30-36-18-6-8-22-40(36)50(55)53-48/h3-32H,1-2H2. The van der Waals surface area contributed by atoms with E-state index in [4.69, 9.17) is 9.97 Å². The van der Waals surface area contributed by atoms with Crippen molar-refractivity contribution in [2.75, 3.05) is 0 Å². The summed E-state index contributed by atoms with van der Waals surface area (Å²) in [6.07, 6.45) is 8.31. The number of imidazole rings is 2. The minimum Gasteiger partial charge on any atom is -0.299 e. The van der Waals surface area contributed by atoms with E-state index in [1.807, 2.05) is 12.2 Å². The fourth-order valence-electron chi connectivity index (χ4n) is 8.97. The molecule has 4 nitrogen and oxygen atoms in total. The molecule has 11 rings (SSSR count). The molecule has 4 aromatic heterocycles. The number of benzene rings is 6. The molecule has 10 aromatic rings. The van der Waals surface area contributed by atoms with Gasteiger partial charge in [0.25, 0.3) is 0 Å². The summed E-state index contributed by atoms with van der Waals surface area (Å²) in [5.41, 5.74) is 14.0. The van der Waals surface area contributed by atoms with E-state index in [9.17, 15) is 0 Å². The number of nitrogens with zero attached hydrogens (tertiary/aromatic N) is 4. The topological polar surface area (TPSA) is 34.6 Å². The second-order valence-electron chi connectivity index (χ2n) is 14.4. The SMILES string of the molecule is C=Cc1cccc(-c2cc3ccccc3c3nc(C4(c5cn6c(-c7cccc(C=C)c7)cc7ccccc7c6n5)c5ccccc5-c5ccccc54)cn23)c1. The van der Waals surface area contributed by atoms with Crippen LogP contribution in [0.15, 0.2) is 183 Å². The predicted octanol–water partition coefficient (Wildman–Crippen LogP) is 12.3. The smallest absolute Gasteiger partial charge is 0.145 e. The second-order valence-corrected chi connectivity index (χ2v) is 14.4. The lowest BCUT2D eigenvalue weighted by Crippen LogP contribution is -2.29. The Morgan fingerprint density at radius 1 is 0.455 bits per heavy atom. The number of aromatic nitrogens is 4. The molecule has 6 aromatic carbocycles. The summed E-state index contributed by atoms with van der Waals surface area (Å²) in [5, 5.41) is 4.46. The van der Waals surface area contributed by atoms with Gasteiger partial charge in [0, 0.05) is 23.2 Å². The molecule has 4 heterocycles. The first-order valence-electron chi connectivity index (χ1n) is 18.6. The largest absolute Gasteiger partial charge is 0.299 e. The Kier molecular flexibility index (Phi) is 6.74. The molecule has 0 aliphatic heterocycles. The predicted molar refractivity (Wildman–Crippen MR) is 227 cm³/mol. The van der Waals surface area contributed by atoms with Crippen LogP contribution in [0.4, 0.5) is 0 Å². The third-order valence-corrected chi connectivity index (χ3v) is 11.5. The molecule has 0 unspecified atom stereocenters. The van der Waals surface area contributed by atoms with Crippen LogP contribution >= 0.6 is 0 Å². The third kappa shape index (κ3) is 4.46. The first-order valence-corrected chi connectivity index (χ1v) is 18.6. The molecule has 4 heteroatoms. The lowest BCUT2D eigenvalue weighted by atomic mass is 9.73. The van der Waals surface area contributed by atoms with Crippen LogP contribution in [0.3, 0.4) is 0 Å². The van der Waals surface area contributed by atoms with Crippen LogP contribution in [-0.2, 0) is 5.41 Å². The Balaban J connectivity index is 1.29. The average Bonchev–Trinajstić information content (AvgIpc) is 3.98. The molecule has 0 atom stereocenters. The zero-order chi connectivity index (χ0) is 36.7. The zero-order valence-electron chi connectivity index (χ0n) is 30.0. The van der Waals surface area contributed by atoms with E-state index in [1.165, 1.54) is 22.3 Å². The summed E-state index contributed by atoms with van der Waals surface area (Å²) in [6, 6.07) is 56.3. The van der Waals surface area contributed by atoms with E-state index in [-0.39, 0.29) is 0 Å². The Morgan fingerprint density at radius 2 is 0.891 bits per heavy atom. The van der Waals surface area contributed by atoms with E-state index in [2.05, 4.69) is 192 Å². The molecule has 0 radical (unpaired) electrons. The molecule has 0 saturated carbocycles. The van der Waals surface area contributed by atoms with Gasteiger partial charge in [-0.05, 0) is 79.5 Å². The summed E-state index contributed by atoms with van der Waals surface area (Å²) >= 11 is 0. The van der Waals surface area contributed by atoms with E-state index in [1.54, 1.807) is 0 Å². The van der Waals surface area contributed by atoms with Crippen molar-refractivity contribution in [2.45, 2.75) is 5.41 Å². The molecule has 55 heavy (non-hydrogen) atoms. The van der Waals surface area contributed by atoms with Crippen LogP contribution in [0.1, 0.15) is 33.6 Å². The fourth-order valence-corrected chi connectivity index (χ4v) is 8.97. The van der Waals surface area contributed by atoms with Gasteiger partial charge in [0.05, 0.1) is 22.8 Å². The number of rotatable bonds is 6. The van der Waals surface area contributed by atoms with Crippen molar-refractivity contribution in [3.63, 3.8) is 0 Å². The van der Waals surface area contributed by atoms with Crippen molar-refractivity contribution in [3.8, 4) is 33.6 Å². The number of hydrogen-bond acceptors (Lipinski definition) is 2. The highest BCUT2D eigenvalue weighted by molar-refractivity contribution is 5.99. The van der Waals surface area contributed by atoms with Crippen molar-refractivity contribution in [3.05, 3.63) is 217 Å². The number of hydrogen-bond donors (Lipinski definition) is 0. The van der Waals surface area contributed by atoms with E-state index in [0.717, 1.165) is 77.9 Å². The fraction of sp³-hybridized carbons (Fsp3) is 0.0196. The minimum absolute atomic E-state index is 0.825. The average molecular weight is 703 g/mol. The third-order valence-electron chi connectivity index (χ3n) is 11.5. The highest BCUT2D eigenvalue weighted by Crippen LogP contribution is 2.56. The summed E-state index contributed by atoms with van der Waals surface area (Å²) in [5.74, 6) is 0. The highest BCUT2D eigenvalue weighted by Gasteiger charge is 2.50. The first kappa shape index (κ1) is 31.2. The molecule has 0 amide bonds. The summed E-state index contributed by atoms with van der Waals surface area (Å²) in [6.45, 7) is 8.12. The molecule has 1 aliphatic rings. The Labute approximate surface area is 318 Å². The van der Waals surface area contributed by atoms with Gasteiger partial charge >= 0.3 is 0 Å². The maximum Gasteiger partial charge on any atom is 0.145 e. The van der Waals surface area contributed by atoms with Gasteiger partial charge in [-0.3, -0.25) is 8.80 Å². The lowest BCUT2D eigenvalue weighted by molar-refractivity contribution is 0.719. The molecule has 258 valence electrons. The maximum atomic E-state index is 5.72. The summed E-state index contributed by atoms with van der Waals surface area (Å²) in [4.78, 5) is 11.4. The van der Waals surface area contributed by atoms with Gasteiger partial charge < -0.3 is 0 Å². The van der Waals surface area contributed by atoms with E-state index in [0.29, 0.717) is 0 Å². The Morgan fingerprint density at radius 3 is 1.36 bits per heavy atom. The number of pyridine rings is 2. The molecule has 0 bridgehead atoms. The van der Waals surface area contributed by atoms with Crippen molar-refractivity contribution in [2.24, 2.45) is 0 Å². The van der Waals surface area contributed by atoms with Gasteiger partial charge in [0.1, 0.15) is 16.7 Å². The lowest BCUT2D eigenvalue weighted by Gasteiger charge is -2.28. The van der Waals surface area contributed by atoms with Crippen LogP contribution in [0.2, 0.25) is 0 Å². The Hall–Kier alpha value is -7.30. The highest BCUT2D eigenvalue weighted by atomic mass is 15.1. The minimum atomic E-state index is -0.825. The first-order chi connectivity index (χ1) is 27.1. The molecule has 0 N–H and O–H groups in total. The van der Waals surface area contributed by atoms with Gasteiger partial charge in [0.15, 0.2) is 0 Å². The molecular weight excluding hydrogens is 669 g/mol. The van der Waals surface area contributed by atoms with Crippen molar-refractivity contribution in [1.82, 2.24) is 18.8 Å². The molecule has 0 spiro atoms. The van der Waals surface area contributed by atoms with Crippen molar-refractivity contribution in [1.29, 1.82) is 0 Å². The molecular formula is C51H34N4. The van der Waals surface area contributed by atoms with Crippen molar-refractivity contribution < 1.29 is 0 Å². The Bertz CT molecular complexity index is 3000. The quantitative estimate of drug-likeness (QED) is 0.173. The van der Waals surface area contributed by atoms with Crippen LogP contribution in [0.5, 0.6) is 0 Å². The van der Waals surface area contributed by atoms with E-state index < -0.39 is 5.41 Å². The van der Waals surface area contributed by atoms with Gasteiger partial charge in [-0.25, -0.2) is 9.97 Å². The normalized spacial score (nSPS) is 13.0. The van der Waals surface area contributed by atoms with Crippen LogP contribution in [-0.4, -0.2) is 18.8 Å². The number of fused-ring (bicyclic) bond motifs is 9. The van der Waals surface area contributed by atoms with Gasteiger partial charge in [-0.2, -0.15) is 0 Å². The van der Waals surface area contributed by atoms with Crippen molar-refractivity contribution >= 4 is 45.0 Å². The summed E-state index contributed by atoms with van der Waals surface area (Å²) < 4.78 is 4.56.